The van der Waals surface area contributed by atoms with Crippen LogP contribution in [0.2, 0.25) is 0 Å². The highest BCUT2D eigenvalue weighted by Crippen LogP contribution is 2.66. The van der Waals surface area contributed by atoms with Gasteiger partial charge in [-0.25, -0.2) is 0 Å². The van der Waals surface area contributed by atoms with Gasteiger partial charge in [0, 0.05) is 29.8 Å². The van der Waals surface area contributed by atoms with Gasteiger partial charge >= 0.3 is 0 Å². The fourth-order valence-corrected chi connectivity index (χ4v) is 8.68. The number of para-hydroxylation sites is 1. The second-order valence-electron chi connectivity index (χ2n) is 10.1. The molecule has 2 bridgehead atoms. The first kappa shape index (κ1) is 24.0. The first-order valence-electron chi connectivity index (χ1n) is 12.8. The van der Waals surface area contributed by atoms with E-state index in [-0.39, 0.29) is 36.1 Å². The Labute approximate surface area is 219 Å². The van der Waals surface area contributed by atoms with Crippen molar-refractivity contribution in [2.45, 2.75) is 35.3 Å². The van der Waals surface area contributed by atoms with Crippen molar-refractivity contribution in [3.05, 3.63) is 72.8 Å². The summed E-state index contributed by atoms with van der Waals surface area (Å²) in [6.07, 6.45) is 1.87. The van der Waals surface area contributed by atoms with Gasteiger partial charge in [0.1, 0.15) is 6.04 Å². The minimum atomic E-state index is -0.701. The van der Waals surface area contributed by atoms with Crippen LogP contribution in [0.15, 0.2) is 72.8 Å². The Morgan fingerprint density at radius 3 is 2.46 bits per heavy atom. The van der Waals surface area contributed by atoms with Gasteiger partial charge in [-0.2, -0.15) is 0 Å². The van der Waals surface area contributed by atoms with E-state index >= 15 is 0 Å². The van der Waals surface area contributed by atoms with Gasteiger partial charge in [0.05, 0.1) is 16.6 Å². The largest absolute Gasteiger partial charge is 0.396 e. The lowest BCUT2D eigenvalue weighted by Gasteiger charge is -2.34. The van der Waals surface area contributed by atoms with Crippen LogP contribution in [0.25, 0.3) is 10.8 Å². The molecule has 0 radical (unpaired) electrons. The fraction of sp³-hybridized carbons (Fsp3) is 0.345. The van der Waals surface area contributed by atoms with Crippen LogP contribution in [0, 0.1) is 11.8 Å². The van der Waals surface area contributed by atoms with Crippen molar-refractivity contribution in [3.63, 3.8) is 0 Å². The summed E-state index contributed by atoms with van der Waals surface area (Å²) in [4.78, 5) is 42.8. The van der Waals surface area contributed by atoms with Crippen molar-refractivity contribution in [1.29, 1.82) is 0 Å². The molecular formula is C29H29N3O4S. The molecule has 0 saturated carbocycles. The Morgan fingerprint density at radius 1 is 0.946 bits per heavy atom. The van der Waals surface area contributed by atoms with E-state index in [1.165, 1.54) is 0 Å². The Kier molecular flexibility index (Phi) is 6.16. The van der Waals surface area contributed by atoms with Gasteiger partial charge in [0.2, 0.25) is 17.7 Å². The number of aliphatic hydroxyl groups is 1. The highest BCUT2D eigenvalue weighted by atomic mass is 32.2. The van der Waals surface area contributed by atoms with Crippen LogP contribution in [-0.4, -0.2) is 56.9 Å². The number of thioether (sulfide) groups is 1. The number of fused-ring (bicyclic) bond motifs is 2. The molecule has 1 spiro atoms. The fourth-order valence-electron chi connectivity index (χ4n) is 6.46. The standard InChI is InChI=1S/C29H29N3O4S/c33-16-6-15-32-25(27(35)31-21-12-11-18-7-4-5-8-19(18)17-21)29-14-13-22(37-29)23(24(29)28(32)36)26(34)30-20-9-2-1-3-10-20/h1-5,7-12,17,22-25,33H,6,13-16H2,(H,30,34)(H,31,35)/t22-,23+,24-,25?,29?/m0/s1. The molecule has 3 aliphatic rings. The number of aliphatic hydroxyl groups excluding tert-OH is 1. The number of rotatable bonds is 7. The molecule has 8 heteroatoms. The van der Waals surface area contributed by atoms with Gasteiger partial charge in [0.25, 0.3) is 0 Å². The van der Waals surface area contributed by atoms with Gasteiger partial charge in [-0.1, -0.05) is 48.5 Å². The number of anilines is 2. The van der Waals surface area contributed by atoms with Gasteiger partial charge in [0.15, 0.2) is 0 Å². The second-order valence-corrected chi connectivity index (χ2v) is 11.7. The van der Waals surface area contributed by atoms with Gasteiger partial charge in [-0.15, -0.1) is 11.8 Å². The summed E-state index contributed by atoms with van der Waals surface area (Å²) in [5, 5.41) is 17.7. The van der Waals surface area contributed by atoms with E-state index in [2.05, 4.69) is 10.6 Å². The molecule has 7 nitrogen and oxygen atoms in total. The molecule has 3 aromatic carbocycles. The average molecular weight is 516 g/mol. The van der Waals surface area contributed by atoms with E-state index in [1.54, 1.807) is 16.7 Å². The smallest absolute Gasteiger partial charge is 0.248 e. The Hall–Kier alpha value is -3.36. The first-order valence-corrected chi connectivity index (χ1v) is 13.6. The number of amides is 3. The molecule has 6 rings (SSSR count). The lowest BCUT2D eigenvalue weighted by Crippen LogP contribution is -2.51. The third-order valence-corrected chi connectivity index (χ3v) is 9.92. The van der Waals surface area contributed by atoms with Crippen LogP contribution in [0.1, 0.15) is 19.3 Å². The molecule has 3 aliphatic heterocycles. The Bertz CT molecular complexity index is 1370. The summed E-state index contributed by atoms with van der Waals surface area (Å²) < 4.78 is -0.656. The number of nitrogens with zero attached hydrogens (tertiary/aromatic N) is 1. The minimum Gasteiger partial charge on any atom is -0.396 e. The van der Waals surface area contributed by atoms with Gasteiger partial charge in [-0.05, 0) is 54.3 Å². The van der Waals surface area contributed by atoms with Crippen molar-refractivity contribution in [2.24, 2.45) is 11.8 Å². The Morgan fingerprint density at radius 2 is 1.68 bits per heavy atom. The zero-order chi connectivity index (χ0) is 25.6. The van der Waals surface area contributed by atoms with E-state index in [9.17, 15) is 19.5 Å². The van der Waals surface area contributed by atoms with Gasteiger partial charge < -0.3 is 20.6 Å². The summed E-state index contributed by atoms with van der Waals surface area (Å²) in [5.41, 5.74) is 1.37. The predicted octanol–water partition coefficient (Wildman–Crippen LogP) is 3.89. The van der Waals surface area contributed by atoms with Crippen LogP contribution in [-0.2, 0) is 14.4 Å². The molecule has 5 atom stereocenters. The minimum absolute atomic E-state index is 0.00590. The van der Waals surface area contributed by atoms with Crippen LogP contribution in [0.4, 0.5) is 11.4 Å². The van der Waals surface area contributed by atoms with E-state index < -0.39 is 22.6 Å². The SMILES string of the molecule is O=C(Nc1ccc2ccccc2c1)C1N(CCCO)C(=O)[C@@H]2[C@H](C(=O)Nc3ccccc3)[C@@H]3CCC12S3. The highest BCUT2D eigenvalue weighted by molar-refractivity contribution is 8.02. The predicted molar refractivity (Wildman–Crippen MR) is 145 cm³/mol. The van der Waals surface area contributed by atoms with Crippen LogP contribution in [0.5, 0.6) is 0 Å². The number of hydrogen-bond donors (Lipinski definition) is 3. The molecule has 3 heterocycles. The number of nitrogens with one attached hydrogen (secondary N) is 2. The topological polar surface area (TPSA) is 98.7 Å². The highest BCUT2D eigenvalue weighted by Gasteiger charge is 2.73. The summed E-state index contributed by atoms with van der Waals surface area (Å²) in [6, 6.07) is 22.3. The lowest BCUT2D eigenvalue weighted by molar-refractivity contribution is -0.138. The van der Waals surface area contributed by atoms with Crippen molar-refractivity contribution in [2.75, 3.05) is 23.8 Å². The lowest BCUT2D eigenvalue weighted by atomic mass is 9.70. The van der Waals surface area contributed by atoms with Crippen LogP contribution in [0.3, 0.4) is 0 Å². The van der Waals surface area contributed by atoms with E-state index in [1.807, 2.05) is 72.8 Å². The third-order valence-electron chi connectivity index (χ3n) is 7.97. The number of carbonyl (C=O) groups is 3. The summed E-state index contributed by atoms with van der Waals surface area (Å²) in [6.45, 7) is 0.204. The molecule has 3 fully saturated rings. The molecule has 3 N–H and O–H groups in total. The molecule has 37 heavy (non-hydrogen) atoms. The van der Waals surface area contributed by atoms with Gasteiger partial charge in [-0.3, -0.25) is 14.4 Å². The zero-order valence-corrected chi connectivity index (χ0v) is 21.1. The molecule has 3 aromatic rings. The van der Waals surface area contributed by atoms with E-state index in [4.69, 9.17) is 0 Å². The number of likely N-dealkylation sites (tertiary alicyclic amines) is 1. The van der Waals surface area contributed by atoms with Crippen molar-refractivity contribution >= 4 is 51.6 Å². The third kappa shape index (κ3) is 3.99. The first-order chi connectivity index (χ1) is 18.0. The van der Waals surface area contributed by atoms with Crippen molar-refractivity contribution in [3.8, 4) is 0 Å². The van der Waals surface area contributed by atoms with Crippen molar-refractivity contribution in [1.82, 2.24) is 4.90 Å². The summed E-state index contributed by atoms with van der Waals surface area (Å²) >= 11 is 1.64. The van der Waals surface area contributed by atoms with Crippen LogP contribution >= 0.6 is 11.8 Å². The quantitative estimate of drug-likeness (QED) is 0.444. The normalized spacial score (nSPS) is 27.9. The molecule has 0 aliphatic carbocycles. The average Bonchev–Trinajstić information content (AvgIpc) is 3.55. The summed E-state index contributed by atoms with van der Waals surface area (Å²) in [5.74, 6) is -1.62. The molecule has 3 saturated heterocycles. The van der Waals surface area contributed by atoms with E-state index in [0.29, 0.717) is 24.2 Å². The molecule has 190 valence electrons. The number of carbonyl (C=O) groups excluding carboxylic acids is 3. The maximum absolute atomic E-state index is 13.9. The molecule has 3 amide bonds. The summed E-state index contributed by atoms with van der Waals surface area (Å²) in [7, 11) is 0. The molecular weight excluding hydrogens is 486 g/mol. The molecule has 2 unspecified atom stereocenters. The Balaban J connectivity index is 1.31. The number of hydrogen-bond acceptors (Lipinski definition) is 5. The van der Waals surface area contributed by atoms with Crippen molar-refractivity contribution < 1.29 is 19.5 Å². The number of benzene rings is 3. The van der Waals surface area contributed by atoms with E-state index in [0.717, 1.165) is 17.2 Å². The van der Waals surface area contributed by atoms with Crippen LogP contribution < -0.4 is 10.6 Å². The molecule has 0 aromatic heterocycles. The monoisotopic (exact) mass is 515 g/mol. The zero-order valence-electron chi connectivity index (χ0n) is 20.3. The maximum Gasteiger partial charge on any atom is 0.248 e. The maximum atomic E-state index is 13.9. The second kappa shape index (κ2) is 9.50.